The smallest absolute Gasteiger partial charge is 0.253 e. The molecule has 0 bridgehead atoms. The fourth-order valence-electron chi connectivity index (χ4n) is 3.02. The van der Waals surface area contributed by atoms with Crippen LogP contribution in [0.1, 0.15) is 0 Å². The molecule has 0 aliphatic carbocycles. The van der Waals surface area contributed by atoms with E-state index >= 15 is 0 Å². The first-order chi connectivity index (χ1) is 13.1. The number of pyridine rings is 1. The molecule has 138 valence electrons. The Morgan fingerprint density at radius 3 is 2.85 bits per heavy atom. The van der Waals surface area contributed by atoms with Crippen molar-refractivity contribution in [2.45, 2.75) is 6.10 Å². The van der Waals surface area contributed by atoms with Crippen LogP contribution < -0.4 is 9.64 Å². The fraction of sp³-hybridized carbons (Fsp3) is 0.200. The Labute approximate surface area is 164 Å². The van der Waals surface area contributed by atoms with E-state index in [1.807, 2.05) is 24.3 Å². The fourth-order valence-corrected chi connectivity index (χ4v) is 3.46. The van der Waals surface area contributed by atoms with Gasteiger partial charge < -0.3 is 19.5 Å². The van der Waals surface area contributed by atoms with Crippen LogP contribution in [0.5, 0.6) is 11.5 Å². The second kappa shape index (κ2) is 7.54. The minimum Gasteiger partial charge on any atom is -0.508 e. The molecule has 2 aromatic carbocycles. The number of ether oxygens (including phenoxy) is 2. The van der Waals surface area contributed by atoms with Gasteiger partial charge in [-0.3, -0.25) is 9.78 Å². The van der Waals surface area contributed by atoms with Gasteiger partial charge in [0.1, 0.15) is 36.3 Å². The highest BCUT2D eigenvalue weighted by Crippen LogP contribution is 2.29. The van der Waals surface area contributed by atoms with E-state index in [-0.39, 0.29) is 24.4 Å². The molecule has 3 aromatic rings. The second-order valence-corrected chi connectivity index (χ2v) is 7.06. The van der Waals surface area contributed by atoms with Gasteiger partial charge in [-0.05, 0) is 36.4 Å². The highest BCUT2D eigenvalue weighted by Gasteiger charge is 2.28. The van der Waals surface area contributed by atoms with Gasteiger partial charge >= 0.3 is 0 Å². The van der Waals surface area contributed by atoms with Crippen LogP contribution in [0.3, 0.4) is 0 Å². The third kappa shape index (κ3) is 3.74. The summed E-state index contributed by atoms with van der Waals surface area (Å²) in [7, 11) is 0. The van der Waals surface area contributed by atoms with Crippen LogP contribution in [0.2, 0.25) is 0 Å². The molecule has 7 heteroatoms. The lowest BCUT2D eigenvalue weighted by atomic mass is 10.2. The lowest BCUT2D eigenvalue weighted by molar-refractivity contribution is -0.130. The molecular formula is C20H17BrN2O4. The molecule has 1 aromatic heterocycles. The Bertz CT molecular complexity index is 977. The van der Waals surface area contributed by atoms with Gasteiger partial charge in [-0.25, -0.2) is 0 Å². The number of aromatic nitrogens is 1. The maximum absolute atomic E-state index is 12.2. The number of carbonyl (C=O) groups excluding carboxylic acids is 1. The Hall–Kier alpha value is -2.64. The lowest BCUT2D eigenvalue weighted by Crippen LogP contribution is -2.48. The van der Waals surface area contributed by atoms with Crippen molar-refractivity contribution in [2.75, 3.05) is 24.7 Å². The predicted octanol–water partition coefficient (Wildman–Crippen LogP) is 3.51. The van der Waals surface area contributed by atoms with Crippen molar-refractivity contribution in [3.05, 3.63) is 59.2 Å². The van der Waals surface area contributed by atoms with Crippen molar-refractivity contribution >= 4 is 38.4 Å². The Kier molecular flexibility index (Phi) is 4.96. The molecule has 1 atom stereocenters. The third-order valence-corrected chi connectivity index (χ3v) is 5.09. The first kappa shape index (κ1) is 17.8. The van der Waals surface area contributed by atoms with Crippen LogP contribution in [0, 0.1) is 0 Å². The minimum atomic E-state index is -0.265. The van der Waals surface area contributed by atoms with Crippen LogP contribution in [0.15, 0.2) is 59.2 Å². The maximum Gasteiger partial charge on any atom is 0.253 e. The first-order valence-corrected chi connectivity index (χ1v) is 9.28. The maximum atomic E-state index is 12.2. The van der Waals surface area contributed by atoms with Crippen LogP contribution in [0.25, 0.3) is 10.9 Å². The van der Waals surface area contributed by atoms with E-state index in [4.69, 9.17) is 9.47 Å². The first-order valence-electron chi connectivity index (χ1n) is 8.49. The van der Waals surface area contributed by atoms with Gasteiger partial charge in [-0.15, -0.1) is 0 Å². The van der Waals surface area contributed by atoms with Crippen molar-refractivity contribution < 1.29 is 19.4 Å². The average Bonchev–Trinajstić information content (AvgIpc) is 2.68. The quantitative estimate of drug-likeness (QED) is 0.688. The number of benzene rings is 2. The highest BCUT2D eigenvalue weighted by molar-refractivity contribution is 9.10. The van der Waals surface area contributed by atoms with Crippen LogP contribution in [-0.2, 0) is 9.53 Å². The number of halogens is 1. The SMILES string of the molecule is O=C1COC(COc2cccc3c(Br)ccnc23)CN1c1ccc(O)cc1. The number of phenolic OH excluding ortho intramolecular Hbond substituents is 1. The van der Waals surface area contributed by atoms with Crippen LogP contribution in [0.4, 0.5) is 5.69 Å². The monoisotopic (exact) mass is 428 g/mol. The summed E-state index contributed by atoms with van der Waals surface area (Å²) in [6.45, 7) is 0.676. The van der Waals surface area contributed by atoms with Crippen LogP contribution >= 0.6 is 15.9 Å². The van der Waals surface area contributed by atoms with Crippen molar-refractivity contribution in [3.63, 3.8) is 0 Å². The molecule has 1 fully saturated rings. The molecular weight excluding hydrogens is 412 g/mol. The third-order valence-electron chi connectivity index (χ3n) is 4.40. The number of fused-ring (bicyclic) bond motifs is 1. The standard InChI is InChI=1S/C20H17BrN2O4/c21-17-8-9-22-20-16(17)2-1-3-18(20)27-11-15-10-23(19(25)12-26-15)13-4-6-14(24)7-5-13/h1-9,15,24H,10-12H2. The molecule has 1 N–H and O–H groups in total. The molecule has 0 radical (unpaired) electrons. The summed E-state index contributed by atoms with van der Waals surface area (Å²) >= 11 is 3.52. The number of phenols is 1. The van der Waals surface area contributed by atoms with E-state index in [1.54, 1.807) is 35.4 Å². The molecule has 1 amide bonds. The van der Waals surface area contributed by atoms with Crippen molar-refractivity contribution in [1.29, 1.82) is 0 Å². The van der Waals surface area contributed by atoms with Gasteiger partial charge in [0.05, 0.1) is 6.54 Å². The molecule has 1 saturated heterocycles. The Balaban J connectivity index is 1.48. The number of anilines is 1. The van der Waals surface area contributed by atoms with Gasteiger partial charge in [0.25, 0.3) is 5.91 Å². The Morgan fingerprint density at radius 1 is 1.22 bits per heavy atom. The van der Waals surface area contributed by atoms with Crippen LogP contribution in [-0.4, -0.2) is 41.9 Å². The van der Waals surface area contributed by atoms with Crippen molar-refractivity contribution in [1.82, 2.24) is 4.98 Å². The van der Waals surface area contributed by atoms with Crippen molar-refractivity contribution in [2.24, 2.45) is 0 Å². The average molecular weight is 429 g/mol. The molecule has 0 saturated carbocycles. The number of hydrogen-bond donors (Lipinski definition) is 1. The van der Waals surface area contributed by atoms with E-state index in [9.17, 15) is 9.90 Å². The van der Waals surface area contributed by atoms with E-state index in [1.165, 1.54) is 0 Å². The van der Waals surface area contributed by atoms with Gasteiger partial charge in [-0.1, -0.05) is 28.1 Å². The molecule has 4 rings (SSSR count). The topological polar surface area (TPSA) is 71.9 Å². The second-order valence-electron chi connectivity index (χ2n) is 6.21. The normalized spacial score (nSPS) is 17.3. The number of para-hydroxylation sites is 1. The van der Waals surface area contributed by atoms with Gasteiger partial charge in [0.2, 0.25) is 0 Å². The molecule has 27 heavy (non-hydrogen) atoms. The molecule has 1 aliphatic heterocycles. The lowest BCUT2D eigenvalue weighted by Gasteiger charge is -2.32. The summed E-state index contributed by atoms with van der Waals surface area (Å²) in [6.07, 6.45) is 1.46. The highest BCUT2D eigenvalue weighted by atomic mass is 79.9. The molecule has 1 aliphatic rings. The van der Waals surface area contributed by atoms with Gasteiger partial charge in [0.15, 0.2) is 0 Å². The minimum absolute atomic E-state index is 0.00572. The Morgan fingerprint density at radius 2 is 2.04 bits per heavy atom. The summed E-state index contributed by atoms with van der Waals surface area (Å²) in [5.74, 6) is 0.715. The summed E-state index contributed by atoms with van der Waals surface area (Å²) in [5.41, 5.74) is 1.50. The van der Waals surface area contributed by atoms with E-state index in [2.05, 4.69) is 20.9 Å². The molecule has 1 unspecified atom stereocenters. The van der Waals surface area contributed by atoms with Gasteiger partial charge in [0, 0.05) is 21.7 Å². The zero-order valence-electron chi connectivity index (χ0n) is 14.3. The zero-order chi connectivity index (χ0) is 18.8. The number of rotatable bonds is 4. The summed E-state index contributed by atoms with van der Waals surface area (Å²) < 4.78 is 12.5. The number of aromatic hydroxyl groups is 1. The molecule has 0 spiro atoms. The number of hydrogen-bond acceptors (Lipinski definition) is 5. The summed E-state index contributed by atoms with van der Waals surface area (Å²) in [4.78, 5) is 18.2. The van der Waals surface area contributed by atoms with E-state index < -0.39 is 0 Å². The van der Waals surface area contributed by atoms with E-state index in [0.29, 0.717) is 18.9 Å². The largest absolute Gasteiger partial charge is 0.508 e. The number of amides is 1. The van der Waals surface area contributed by atoms with Crippen molar-refractivity contribution in [3.8, 4) is 11.5 Å². The zero-order valence-corrected chi connectivity index (χ0v) is 15.9. The predicted molar refractivity (Wildman–Crippen MR) is 105 cm³/mol. The number of nitrogens with zero attached hydrogens (tertiary/aromatic N) is 2. The number of carbonyl (C=O) groups is 1. The molecule has 6 nitrogen and oxygen atoms in total. The summed E-state index contributed by atoms with van der Waals surface area (Å²) in [5, 5.41) is 10.4. The van der Waals surface area contributed by atoms with Gasteiger partial charge in [-0.2, -0.15) is 0 Å². The molecule has 2 heterocycles. The van der Waals surface area contributed by atoms with E-state index in [0.717, 1.165) is 21.1 Å². The number of morpholine rings is 1. The summed E-state index contributed by atoms with van der Waals surface area (Å²) in [6, 6.07) is 14.2.